The van der Waals surface area contributed by atoms with E-state index in [0.717, 1.165) is 26.1 Å². The molecule has 0 radical (unpaired) electrons. The first-order valence-electron chi connectivity index (χ1n) is 8.59. The topological polar surface area (TPSA) is 69.0 Å². The molecular weight excluding hydrogens is 335 g/mol. The van der Waals surface area contributed by atoms with Gasteiger partial charge in [0.2, 0.25) is 5.95 Å². The molecule has 1 aromatic carbocycles. The number of ether oxygens (including phenoxy) is 1. The van der Waals surface area contributed by atoms with Crippen molar-refractivity contribution in [1.29, 1.82) is 0 Å². The number of nitrogens with one attached hydrogen (secondary N) is 1. The van der Waals surface area contributed by atoms with Gasteiger partial charge in [-0.3, -0.25) is 9.36 Å². The molecule has 26 heavy (non-hydrogen) atoms. The lowest BCUT2D eigenvalue weighted by Crippen LogP contribution is -2.29. The van der Waals surface area contributed by atoms with Crippen LogP contribution in [-0.4, -0.2) is 33.8 Å². The summed E-state index contributed by atoms with van der Waals surface area (Å²) in [7, 11) is 1.64. The van der Waals surface area contributed by atoms with Crippen molar-refractivity contribution in [2.75, 3.05) is 18.5 Å². The van der Waals surface area contributed by atoms with Gasteiger partial charge in [0.25, 0.3) is 5.56 Å². The highest BCUT2D eigenvalue weighted by molar-refractivity contribution is 5.81. The number of aromatic nitrogens is 3. The second kappa shape index (κ2) is 6.84. The first-order valence-corrected chi connectivity index (χ1v) is 8.59. The van der Waals surface area contributed by atoms with Gasteiger partial charge in [-0.25, -0.2) is 9.37 Å². The predicted molar refractivity (Wildman–Crippen MR) is 97.6 cm³/mol. The molecule has 0 unspecified atom stereocenters. The number of fused-ring (bicyclic) bond motifs is 1. The van der Waals surface area contributed by atoms with E-state index in [2.05, 4.69) is 15.3 Å². The predicted octanol–water partition coefficient (Wildman–Crippen LogP) is 2.73. The van der Waals surface area contributed by atoms with Gasteiger partial charge in [-0.1, -0.05) is 18.2 Å². The molecule has 0 spiro atoms. The third-order valence-electron chi connectivity index (χ3n) is 4.67. The number of hydrogen-bond acceptors (Lipinski definition) is 5. The lowest BCUT2D eigenvalue weighted by molar-refractivity contribution is 0.0903. The van der Waals surface area contributed by atoms with Crippen LogP contribution in [-0.2, 0) is 11.8 Å². The Morgan fingerprint density at radius 3 is 2.77 bits per heavy atom. The van der Waals surface area contributed by atoms with E-state index < -0.39 is 5.82 Å². The van der Waals surface area contributed by atoms with Crippen molar-refractivity contribution in [2.45, 2.75) is 18.9 Å². The Morgan fingerprint density at radius 1 is 1.23 bits per heavy atom. The van der Waals surface area contributed by atoms with Gasteiger partial charge in [0.05, 0.1) is 5.56 Å². The smallest absolute Gasteiger partial charge is 0.259 e. The molecule has 2 aromatic heterocycles. The second-order valence-electron chi connectivity index (χ2n) is 6.41. The van der Waals surface area contributed by atoms with Gasteiger partial charge in [0.1, 0.15) is 11.5 Å². The summed E-state index contributed by atoms with van der Waals surface area (Å²) >= 11 is 0. The number of rotatable bonds is 3. The fourth-order valence-corrected chi connectivity index (χ4v) is 3.21. The Bertz CT molecular complexity index is 1010. The Hall–Kier alpha value is -2.80. The summed E-state index contributed by atoms with van der Waals surface area (Å²) in [5.41, 5.74) is 0.796. The van der Waals surface area contributed by atoms with E-state index in [1.54, 1.807) is 37.5 Å². The Kier molecular flexibility index (Phi) is 4.38. The third-order valence-corrected chi connectivity index (χ3v) is 4.67. The summed E-state index contributed by atoms with van der Waals surface area (Å²) < 4.78 is 20.9. The van der Waals surface area contributed by atoms with Crippen LogP contribution < -0.4 is 10.9 Å². The molecule has 1 aliphatic heterocycles. The molecular formula is C19H19FN4O2. The summed E-state index contributed by atoms with van der Waals surface area (Å²) in [4.78, 5) is 21.6. The maximum Gasteiger partial charge on any atom is 0.259 e. The van der Waals surface area contributed by atoms with Gasteiger partial charge in [0, 0.05) is 43.4 Å². The number of nitrogens with zero attached hydrogens (tertiary/aromatic N) is 3. The molecule has 1 fully saturated rings. The highest BCUT2D eigenvalue weighted by atomic mass is 19.1. The molecule has 7 heteroatoms. The molecule has 0 saturated carbocycles. The molecule has 134 valence electrons. The molecule has 0 aliphatic carbocycles. The standard InChI is InChI=1S/C19H19FN4O2/c1-24-17-12(10-15(18(24)25)14-4-2-3-5-16(14)20)11-21-19(23-17)22-13-6-8-26-9-7-13/h2-5,10-11,13H,6-9H2,1H3,(H,21,22,23). The molecule has 4 rings (SSSR count). The van der Waals surface area contributed by atoms with E-state index in [1.807, 2.05) is 0 Å². The van der Waals surface area contributed by atoms with Gasteiger partial charge >= 0.3 is 0 Å². The highest BCUT2D eigenvalue weighted by Crippen LogP contribution is 2.23. The molecule has 1 N–H and O–H groups in total. The van der Waals surface area contributed by atoms with Gasteiger partial charge < -0.3 is 10.1 Å². The van der Waals surface area contributed by atoms with Crippen molar-refractivity contribution < 1.29 is 9.13 Å². The van der Waals surface area contributed by atoms with Crippen LogP contribution in [0.5, 0.6) is 0 Å². The quantitative estimate of drug-likeness (QED) is 0.783. The second-order valence-corrected chi connectivity index (χ2v) is 6.41. The normalized spacial score (nSPS) is 15.3. The van der Waals surface area contributed by atoms with Crippen molar-refractivity contribution in [3.63, 3.8) is 0 Å². The molecule has 3 aromatic rings. The number of halogens is 1. The fraction of sp³-hybridized carbons (Fsp3) is 0.316. The number of benzene rings is 1. The maximum atomic E-state index is 14.1. The average Bonchev–Trinajstić information content (AvgIpc) is 2.66. The zero-order valence-electron chi connectivity index (χ0n) is 14.4. The van der Waals surface area contributed by atoms with Gasteiger partial charge in [0.15, 0.2) is 0 Å². The van der Waals surface area contributed by atoms with E-state index in [9.17, 15) is 9.18 Å². The summed E-state index contributed by atoms with van der Waals surface area (Å²) in [6, 6.07) is 8.15. The summed E-state index contributed by atoms with van der Waals surface area (Å²) in [5, 5.41) is 3.98. The van der Waals surface area contributed by atoms with Gasteiger partial charge in [-0.2, -0.15) is 4.98 Å². The molecule has 1 saturated heterocycles. The number of anilines is 1. The van der Waals surface area contributed by atoms with Crippen LogP contribution in [0.3, 0.4) is 0 Å². The number of aryl methyl sites for hydroxylation is 1. The summed E-state index contributed by atoms with van der Waals surface area (Å²) in [6.45, 7) is 1.44. The average molecular weight is 354 g/mol. The Balaban J connectivity index is 1.76. The van der Waals surface area contributed by atoms with Crippen LogP contribution in [0.1, 0.15) is 12.8 Å². The fourth-order valence-electron chi connectivity index (χ4n) is 3.21. The van der Waals surface area contributed by atoms with Crippen LogP contribution >= 0.6 is 0 Å². The van der Waals surface area contributed by atoms with Crippen molar-refractivity contribution in [2.24, 2.45) is 7.05 Å². The zero-order chi connectivity index (χ0) is 18.1. The summed E-state index contributed by atoms with van der Waals surface area (Å²) in [5.74, 6) is 0.0562. The minimum Gasteiger partial charge on any atom is -0.381 e. The molecule has 0 bridgehead atoms. The monoisotopic (exact) mass is 354 g/mol. The summed E-state index contributed by atoms with van der Waals surface area (Å²) in [6.07, 6.45) is 3.45. The van der Waals surface area contributed by atoms with Crippen molar-refractivity contribution in [3.05, 3.63) is 52.7 Å². The van der Waals surface area contributed by atoms with Gasteiger partial charge in [-0.05, 0) is 25.0 Å². The van der Waals surface area contributed by atoms with Crippen LogP contribution in [0.4, 0.5) is 10.3 Å². The van der Waals surface area contributed by atoms with E-state index in [-0.39, 0.29) is 17.2 Å². The van der Waals surface area contributed by atoms with Crippen molar-refractivity contribution in [3.8, 4) is 11.1 Å². The van der Waals surface area contributed by atoms with E-state index in [4.69, 9.17) is 4.74 Å². The first kappa shape index (κ1) is 16.7. The number of hydrogen-bond donors (Lipinski definition) is 1. The van der Waals surface area contributed by atoms with E-state index in [0.29, 0.717) is 22.5 Å². The molecule has 1 aliphatic rings. The maximum absolute atomic E-state index is 14.1. The third kappa shape index (κ3) is 3.06. The number of pyridine rings is 1. The highest BCUT2D eigenvalue weighted by Gasteiger charge is 2.17. The zero-order valence-corrected chi connectivity index (χ0v) is 14.4. The van der Waals surface area contributed by atoms with Gasteiger partial charge in [-0.15, -0.1) is 0 Å². The Morgan fingerprint density at radius 2 is 2.00 bits per heavy atom. The van der Waals surface area contributed by atoms with Crippen molar-refractivity contribution >= 4 is 17.0 Å². The largest absolute Gasteiger partial charge is 0.381 e. The van der Waals surface area contributed by atoms with Crippen LogP contribution in [0, 0.1) is 5.82 Å². The lowest BCUT2D eigenvalue weighted by atomic mass is 10.1. The minimum atomic E-state index is -0.428. The Labute approximate surface area is 149 Å². The van der Waals surface area contributed by atoms with E-state index in [1.165, 1.54) is 10.6 Å². The lowest BCUT2D eigenvalue weighted by Gasteiger charge is -2.23. The van der Waals surface area contributed by atoms with E-state index >= 15 is 0 Å². The molecule has 3 heterocycles. The SMILES string of the molecule is Cn1c(=O)c(-c2ccccc2F)cc2cnc(NC3CCOCC3)nc21. The first-order chi connectivity index (χ1) is 12.6. The molecule has 0 atom stereocenters. The van der Waals surface area contributed by atoms with Crippen LogP contribution in [0.2, 0.25) is 0 Å². The van der Waals surface area contributed by atoms with Crippen LogP contribution in [0.15, 0.2) is 41.3 Å². The molecule has 0 amide bonds. The van der Waals surface area contributed by atoms with Crippen LogP contribution in [0.25, 0.3) is 22.2 Å². The minimum absolute atomic E-state index is 0.260. The molecule has 6 nitrogen and oxygen atoms in total. The van der Waals surface area contributed by atoms with Crippen molar-refractivity contribution in [1.82, 2.24) is 14.5 Å².